The maximum atomic E-state index is 12.3. The fraction of sp³-hybridized carbons (Fsp3) is 0.105. The van der Waals surface area contributed by atoms with Crippen LogP contribution < -0.4 is 10.7 Å². The van der Waals surface area contributed by atoms with Crippen molar-refractivity contribution in [1.29, 1.82) is 0 Å². The first kappa shape index (κ1) is 17.7. The van der Waals surface area contributed by atoms with Crippen molar-refractivity contribution in [2.75, 3.05) is 5.32 Å². The standard InChI is InChI=1S/C19H15ClN2O4/c1-11(18(24)21-13-6-4-5-12(20)9-13)26-19(25)16-10-17(23)14-7-2-3-8-15(14)22-16/h2-11H,1H3,(H,21,24)(H,22,23)/t11-/m1/s1. The number of nitrogens with one attached hydrogen (secondary N) is 2. The lowest BCUT2D eigenvalue weighted by atomic mass is 10.2. The van der Waals surface area contributed by atoms with Gasteiger partial charge in [0.1, 0.15) is 5.69 Å². The number of anilines is 1. The van der Waals surface area contributed by atoms with Crippen molar-refractivity contribution in [2.45, 2.75) is 13.0 Å². The van der Waals surface area contributed by atoms with Gasteiger partial charge in [0.2, 0.25) is 0 Å². The van der Waals surface area contributed by atoms with Crippen molar-refractivity contribution in [3.63, 3.8) is 0 Å². The largest absolute Gasteiger partial charge is 0.448 e. The van der Waals surface area contributed by atoms with Crippen LogP contribution in [0.5, 0.6) is 0 Å². The van der Waals surface area contributed by atoms with Crippen LogP contribution in [-0.2, 0) is 9.53 Å². The molecular formula is C19H15ClN2O4. The number of hydrogen-bond donors (Lipinski definition) is 2. The number of aromatic nitrogens is 1. The minimum Gasteiger partial charge on any atom is -0.448 e. The number of amides is 1. The van der Waals surface area contributed by atoms with Crippen molar-refractivity contribution in [2.24, 2.45) is 0 Å². The van der Waals surface area contributed by atoms with Gasteiger partial charge in [-0.1, -0.05) is 29.8 Å². The number of esters is 1. The van der Waals surface area contributed by atoms with Crippen molar-refractivity contribution < 1.29 is 14.3 Å². The van der Waals surface area contributed by atoms with Gasteiger partial charge in [-0.25, -0.2) is 4.79 Å². The smallest absolute Gasteiger partial charge is 0.355 e. The molecule has 0 bridgehead atoms. The molecule has 0 radical (unpaired) electrons. The molecule has 0 saturated carbocycles. The molecule has 0 aliphatic rings. The Morgan fingerprint density at radius 1 is 1.12 bits per heavy atom. The third-order valence-electron chi connectivity index (χ3n) is 3.70. The average Bonchev–Trinajstić information content (AvgIpc) is 2.61. The van der Waals surface area contributed by atoms with Crippen molar-refractivity contribution in [1.82, 2.24) is 4.98 Å². The highest BCUT2D eigenvalue weighted by molar-refractivity contribution is 6.30. The zero-order valence-electron chi connectivity index (χ0n) is 13.8. The maximum absolute atomic E-state index is 12.3. The molecule has 0 unspecified atom stereocenters. The van der Waals surface area contributed by atoms with Crippen LogP contribution in [0, 0.1) is 0 Å². The van der Waals surface area contributed by atoms with Gasteiger partial charge in [-0.2, -0.15) is 0 Å². The van der Waals surface area contributed by atoms with E-state index in [-0.39, 0.29) is 11.1 Å². The minimum absolute atomic E-state index is 0.0175. The number of carbonyl (C=O) groups excluding carboxylic acids is 2. The number of fused-ring (bicyclic) bond motifs is 1. The predicted octanol–water partition coefficient (Wildman–Crippen LogP) is 3.37. The quantitative estimate of drug-likeness (QED) is 0.689. The SMILES string of the molecule is C[C@@H](OC(=O)c1cc(=O)c2ccccc2[nH]1)C(=O)Nc1cccc(Cl)c1. The zero-order chi connectivity index (χ0) is 18.7. The summed E-state index contributed by atoms with van der Waals surface area (Å²) < 4.78 is 5.15. The first-order chi connectivity index (χ1) is 12.4. The number of para-hydroxylation sites is 1. The van der Waals surface area contributed by atoms with Gasteiger partial charge in [0.15, 0.2) is 11.5 Å². The van der Waals surface area contributed by atoms with Gasteiger partial charge < -0.3 is 15.0 Å². The number of pyridine rings is 1. The van der Waals surface area contributed by atoms with E-state index in [4.69, 9.17) is 16.3 Å². The van der Waals surface area contributed by atoms with Crippen LogP contribution in [-0.4, -0.2) is 23.0 Å². The summed E-state index contributed by atoms with van der Waals surface area (Å²) >= 11 is 5.86. The molecule has 1 atom stereocenters. The number of ether oxygens (including phenoxy) is 1. The molecule has 0 fully saturated rings. The van der Waals surface area contributed by atoms with Crippen LogP contribution in [0.25, 0.3) is 10.9 Å². The molecule has 132 valence electrons. The number of aromatic amines is 1. The molecule has 0 saturated heterocycles. The first-order valence-electron chi connectivity index (χ1n) is 7.83. The second-order valence-electron chi connectivity index (χ2n) is 5.64. The maximum Gasteiger partial charge on any atom is 0.355 e. The van der Waals surface area contributed by atoms with E-state index >= 15 is 0 Å². The zero-order valence-corrected chi connectivity index (χ0v) is 14.5. The van der Waals surface area contributed by atoms with Gasteiger partial charge in [-0.05, 0) is 37.3 Å². The molecule has 3 rings (SSSR count). The monoisotopic (exact) mass is 370 g/mol. The lowest BCUT2D eigenvalue weighted by Gasteiger charge is -2.14. The van der Waals surface area contributed by atoms with E-state index in [0.29, 0.717) is 21.6 Å². The van der Waals surface area contributed by atoms with Gasteiger partial charge in [0.25, 0.3) is 5.91 Å². The van der Waals surface area contributed by atoms with E-state index < -0.39 is 18.0 Å². The van der Waals surface area contributed by atoms with E-state index in [0.717, 1.165) is 6.07 Å². The normalized spacial score (nSPS) is 11.8. The molecule has 0 spiro atoms. The van der Waals surface area contributed by atoms with E-state index in [9.17, 15) is 14.4 Å². The summed E-state index contributed by atoms with van der Waals surface area (Å²) in [6.07, 6.45) is -1.06. The molecule has 0 aliphatic carbocycles. The number of rotatable bonds is 4. The highest BCUT2D eigenvalue weighted by atomic mass is 35.5. The molecule has 2 N–H and O–H groups in total. The first-order valence-corrected chi connectivity index (χ1v) is 8.21. The van der Waals surface area contributed by atoms with Crippen LogP contribution >= 0.6 is 11.6 Å². The molecule has 1 heterocycles. The summed E-state index contributed by atoms with van der Waals surface area (Å²) in [4.78, 5) is 39.4. The Hall–Kier alpha value is -3.12. The lowest BCUT2D eigenvalue weighted by Crippen LogP contribution is -2.30. The number of carbonyl (C=O) groups is 2. The van der Waals surface area contributed by atoms with Crippen LogP contribution in [0.3, 0.4) is 0 Å². The van der Waals surface area contributed by atoms with E-state index in [1.165, 1.54) is 6.92 Å². The van der Waals surface area contributed by atoms with Crippen molar-refractivity contribution in [3.8, 4) is 0 Å². The molecule has 6 nitrogen and oxygen atoms in total. The molecule has 0 aliphatic heterocycles. The van der Waals surface area contributed by atoms with Crippen LogP contribution in [0.15, 0.2) is 59.4 Å². The summed E-state index contributed by atoms with van der Waals surface area (Å²) in [6, 6.07) is 14.6. The topological polar surface area (TPSA) is 88.3 Å². The van der Waals surface area contributed by atoms with Gasteiger partial charge in [-0.3, -0.25) is 9.59 Å². The van der Waals surface area contributed by atoms with Crippen molar-refractivity contribution >= 4 is 40.1 Å². The fourth-order valence-electron chi connectivity index (χ4n) is 2.39. The van der Waals surface area contributed by atoms with E-state index in [2.05, 4.69) is 10.3 Å². The van der Waals surface area contributed by atoms with Gasteiger partial charge in [-0.15, -0.1) is 0 Å². The number of halogens is 1. The van der Waals surface area contributed by atoms with Gasteiger partial charge in [0, 0.05) is 27.7 Å². The Labute approximate surface area is 153 Å². The molecular weight excluding hydrogens is 356 g/mol. The molecule has 7 heteroatoms. The highest BCUT2D eigenvalue weighted by Crippen LogP contribution is 2.15. The van der Waals surface area contributed by atoms with Crippen molar-refractivity contribution in [3.05, 3.63) is 75.5 Å². The number of hydrogen-bond acceptors (Lipinski definition) is 4. The molecule has 3 aromatic rings. The molecule has 2 aromatic carbocycles. The molecule has 1 aromatic heterocycles. The lowest BCUT2D eigenvalue weighted by molar-refractivity contribution is -0.123. The second-order valence-corrected chi connectivity index (χ2v) is 6.08. The Morgan fingerprint density at radius 3 is 2.65 bits per heavy atom. The van der Waals surface area contributed by atoms with Gasteiger partial charge in [0.05, 0.1) is 0 Å². The Bertz CT molecular complexity index is 1040. The Kier molecular flexibility index (Phi) is 5.04. The average molecular weight is 371 g/mol. The van der Waals surface area contributed by atoms with Gasteiger partial charge >= 0.3 is 5.97 Å². The van der Waals surface area contributed by atoms with E-state index in [1.807, 2.05) is 0 Å². The summed E-state index contributed by atoms with van der Waals surface area (Å²) in [7, 11) is 0. The Balaban J connectivity index is 1.73. The van der Waals surface area contributed by atoms with E-state index in [1.54, 1.807) is 48.5 Å². The summed E-state index contributed by atoms with van der Waals surface area (Å²) in [5.41, 5.74) is 0.686. The third-order valence-corrected chi connectivity index (χ3v) is 3.94. The predicted molar refractivity (Wildman–Crippen MR) is 99.5 cm³/mol. The van der Waals surface area contributed by atoms with Crippen LogP contribution in [0.4, 0.5) is 5.69 Å². The molecule has 26 heavy (non-hydrogen) atoms. The number of benzene rings is 2. The van der Waals surface area contributed by atoms with Crippen LogP contribution in [0.1, 0.15) is 17.4 Å². The minimum atomic E-state index is -1.06. The highest BCUT2D eigenvalue weighted by Gasteiger charge is 2.20. The third kappa shape index (κ3) is 3.92. The van der Waals surface area contributed by atoms with Crippen LogP contribution in [0.2, 0.25) is 5.02 Å². The molecule has 1 amide bonds. The number of H-pyrrole nitrogens is 1. The summed E-state index contributed by atoms with van der Waals surface area (Å²) in [5.74, 6) is -1.30. The Morgan fingerprint density at radius 2 is 1.88 bits per heavy atom. The second kappa shape index (κ2) is 7.41. The summed E-state index contributed by atoms with van der Waals surface area (Å²) in [6.45, 7) is 1.44. The summed E-state index contributed by atoms with van der Waals surface area (Å²) in [5, 5.41) is 3.55. The fourth-order valence-corrected chi connectivity index (χ4v) is 2.58.